The van der Waals surface area contributed by atoms with Gasteiger partial charge in [0.15, 0.2) is 5.16 Å². The summed E-state index contributed by atoms with van der Waals surface area (Å²) in [6.07, 6.45) is 1.75. The van der Waals surface area contributed by atoms with Crippen LogP contribution in [-0.4, -0.2) is 22.1 Å². The summed E-state index contributed by atoms with van der Waals surface area (Å²) in [5.74, 6) is 0.797. The summed E-state index contributed by atoms with van der Waals surface area (Å²) >= 11 is 1.42. The molecule has 0 aliphatic carbocycles. The molecule has 1 aromatic carbocycles. The summed E-state index contributed by atoms with van der Waals surface area (Å²) in [4.78, 5) is 12.0. The third-order valence-electron chi connectivity index (χ3n) is 3.03. The first-order valence-electron chi connectivity index (χ1n) is 6.10. The van der Waals surface area contributed by atoms with Crippen LogP contribution in [0.4, 0.5) is 5.69 Å². The van der Waals surface area contributed by atoms with Gasteiger partial charge in [-0.1, -0.05) is 0 Å². The molecule has 3 N–H and O–H groups in total. The number of pyridine rings is 1. The van der Waals surface area contributed by atoms with E-state index in [1.807, 2.05) is 31.2 Å². The van der Waals surface area contributed by atoms with Gasteiger partial charge in [-0.05, 0) is 42.4 Å². The molecule has 5 nitrogen and oxygen atoms in total. The van der Waals surface area contributed by atoms with Crippen molar-refractivity contribution < 1.29 is 4.74 Å². The minimum atomic E-state index is 0.690. The van der Waals surface area contributed by atoms with Crippen LogP contribution in [0.3, 0.4) is 0 Å². The van der Waals surface area contributed by atoms with Gasteiger partial charge in [0.25, 0.3) is 0 Å². The number of hydrogen-bond acceptors (Lipinski definition) is 5. The summed E-state index contributed by atoms with van der Waals surface area (Å²) in [5.41, 5.74) is 9.55. The molecule has 0 saturated carbocycles. The van der Waals surface area contributed by atoms with E-state index in [0.717, 1.165) is 32.5 Å². The standard InChI is InChI=1S/C14H14N4OS/c1-8-5-6-16-13(12(8)15)20-14-17-10-4-3-9(19-2)7-11(10)18-14/h3-7H,15H2,1-2H3,(H,17,18). The Labute approximate surface area is 120 Å². The number of ether oxygens (including phenoxy) is 1. The number of rotatable bonds is 3. The highest BCUT2D eigenvalue weighted by Crippen LogP contribution is 2.31. The van der Waals surface area contributed by atoms with Gasteiger partial charge in [-0.3, -0.25) is 0 Å². The van der Waals surface area contributed by atoms with E-state index in [-0.39, 0.29) is 0 Å². The SMILES string of the molecule is COc1ccc2nc(Sc3nccc(C)c3N)[nH]c2c1. The number of imidazole rings is 1. The molecule has 0 atom stereocenters. The summed E-state index contributed by atoms with van der Waals surface area (Å²) in [7, 11) is 1.64. The first kappa shape index (κ1) is 12.8. The summed E-state index contributed by atoms with van der Waals surface area (Å²) in [6, 6.07) is 7.61. The minimum Gasteiger partial charge on any atom is -0.497 e. The molecule has 0 aliphatic heterocycles. The second kappa shape index (κ2) is 5.05. The van der Waals surface area contributed by atoms with Gasteiger partial charge >= 0.3 is 0 Å². The molecule has 0 unspecified atom stereocenters. The van der Waals surface area contributed by atoms with Gasteiger partial charge in [-0.15, -0.1) is 0 Å². The third kappa shape index (κ3) is 2.30. The number of aryl methyl sites for hydroxylation is 1. The highest BCUT2D eigenvalue weighted by Gasteiger charge is 2.10. The van der Waals surface area contributed by atoms with E-state index in [1.54, 1.807) is 13.3 Å². The Bertz CT molecular complexity index is 769. The minimum absolute atomic E-state index is 0.690. The van der Waals surface area contributed by atoms with E-state index >= 15 is 0 Å². The van der Waals surface area contributed by atoms with Crippen LogP contribution in [0.1, 0.15) is 5.56 Å². The van der Waals surface area contributed by atoms with Crippen LogP contribution in [0, 0.1) is 6.92 Å². The Hall–Kier alpha value is -2.21. The van der Waals surface area contributed by atoms with E-state index in [0.29, 0.717) is 5.69 Å². The zero-order valence-electron chi connectivity index (χ0n) is 11.2. The fraction of sp³-hybridized carbons (Fsp3) is 0.143. The predicted molar refractivity (Wildman–Crippen MR) is 80.2 cm³/mol. The average molecular weight is 286 g/mol. The maximum absolute atomic E-state index is 6.03. The van der Waals surface area contributed by atoms with Crippen molar-refractivity contribution in [3.05, 3.63) is 36.0 Å². The van der Waals surface area contributed by atoms with Gasteiger partial charge in [-0.25, -0.2) is 9.97 Å². The normalized spacial score (nSPS) is 10.9. The van der Waals surface area contributed by atoms with Crippen LogP contribution >= 0.6 is 11.8 Å². The summed E-state index contributed by atoms with van der Waals surface area (Å²) in [5, 5.41) is 1.52. The molecule has 2 heterocycles. The largest absolute Gasteiger partial charge is 0.497 e. The number of aromatic nitrogens is 3. The number of nitrogens with one attached hydrogen (secondary N) is 1. The van der Waals surface area contributed by atoms with Crippen molar-refractivity contribution in [2.24, 2.45) is 0 Å². The Balaban J connectivity index is 1.96. The number of fused-ring (bicyclic) bond motifs is 1. The van der Waals surface area contributed by atoms with E-state index < -0.39 is 0 Å². The van der Waals surface area contributed by atoms with Crippen molar-refractivity contribution in [1.82, 2.24) is 15.0 Å². The number of anilines is 1. The van der Waals surface area contributed by atoms with E-state index in [4.69, 9.17) is 10.5 Å². The van der Waals surface area contributed by atoms with Gasteiger partial charge < -0.3 is 15.5 Å². The van der Waals surface area contributed by atoms with E-state index in [1.165, 1.54) is 11.8 Å². The summed E-state index contributed by atoms with van der Waals surface area (Å²) in [6.45, 7) is 1.96. The molecule has 6 heteroatoms. The molecule has 3 aromatic rings. The fourth-order valence-electron chi connectivity index (χ4n) is 1.86. The number of aromatic amines is 1. The van der Waals surface area contributed by atoms with Crippen LogP contribution in [0.5, 0.6) is 5.75 Å². The van der Waals surface area contributed by atoms with Crippen molar-refractivity contribution in [1.29, 1.82) is 0 Å². The quantitative estimate of drug-likeness (QED) is 0.774. The lowest BCUT2D eigenvalue weighted by molar-refractivity contribution is 0.415. The number of H-pyrrole nitrogens is 1. The second-order valence-corrected chi connectivity index (χ2v) is 5.35. The molecule has 3 rings (SSSR count). The molecule has 0 spiro atoms. The van der Waals surface area contributed by atoms with Crippen LogP contribution in [0.15, 0.2) is 40.6 Å². The van der Waals surface area contributed by atoms with Gasteiger partial charge in [0.05, 0.1) is 23.8 Å². The second-order valence-electron chi connectivity index (χ2n) is 4.37. The first-order chi connectivity index (χ1) is 9.67. The van der Waals surface area contributed by atoms with Crippen molar-refractivity contribution >= 4 is 28.5 Å². The van der Waals surface area contributed by atoms with Crippen molar-refractivity contribution in [2.45, 2.75) is 17.1 Å². The molecule has 0 aliphatic rings. The smallest absolute Gasteiger partial charge is 0.172 e. The van der Waals surface area contributed by atoms with Crippen LogP contribution in [0.25, 0.3) is 11.0 Å². The number of nitrogen functional groups attached to an aromatic ring is 1. The Morgan fingerprint density at radius 1 is 1.30 bits per heavy atom. The molecular formula is C14H14N4OS. The zero-order chi connectivity index (χ0) is 14.1. The van der Waals surface area contributed by atoms with Gasteiger partial charge in [0.2, 0.25) is 0 Å². The van der Waals surface area contributed by atoms with Gasteiger partial charge in [0, 0.05) is 12.3 Å². The molecule has 2 aromatic heterocycles. The van der Waals surface area contributed by atoms with E-state index in [2.05, 4.69) is 15.0 Å². The lowest BCUT2D eigenvalue weighted by Crippen LogP contribution is -1.94. The molecule has 0 amide bonds. The molecule has 102 valence electrons. The first-order valence-corrected chi connectivity index (χ1v) is 6.91. The molecule has 0 saturated heterocycles. The average Bonchev–Trinajstić information content (AvgIpc) is 2.85. The number of methoxy groups -OCH3 is 1. The van der Waals surface area contributed by atoms with Crippen molar-refractivity contribution in [2.75, 3.05) is 12.8 Å². The Morgan fingerprint density at radius 3 is 2.95 bits per heavy atom. The van der Waals surface area contributed by atoms with Crippen LogP contribution < -0.4 is 10.5 Å². The third-order valence-corrected chi connectivity index (χ3v) is 3.94. The maximum Gasteiger partial charge on any atom is 0.172 e. The fourth-order valence-corrected chi connectivity index (χ4v) is 2.73. The molecule has 20 heavy (non-hydrogen) atoms. The highest BCUT2D eigenvalue weighted by molar-refractivity contribution is 7.99. The molecule has 0 radical (unpaired) electrons. The molecule has 0 fully saturated rings. The number of hydrogen-bond donors (Lipinski definition) is 2. The van der Waals surface area contributed by atoms with Crippen molar-refractivity contribution in [3.63, 3.8) is 0 Å². The van der Waals surface area contributed by atoms with E-state index in [9.17, 15) is 0 Å². The van der Waals surface area contributed by atoms with Crippen LogP contribution in [0.2, 0.25) is 0 Å². The van der Waals surface area contributed by atoms with Gasteiger partial charge in [-0.2, -0.15) is 0 Å². The molecule has 0 bridgehead atoms. The topological polar surface area (TPSA) is 76.8 Å². The Morgan fingerprint density at radius 2 is 2.15 bits per heavy atom. The monoisotopic (exact) mass is 286 g/mol. The number of nitrogens with two attached hydrogens (primary N) is 1. The van der Waals surface area contributed by atoms with Crippen molar-refractivity contribution in [3.8, 4) is 5.75 Å². The maximum atomic E-state index is 6.03. The lowest BCUT2D eigenvalue weighted by atomic mass is 10.3. The lowest BCUT2D eigenvalue weighted by Gasteiger charge is -2.04. The highest BCUT2D eigenvalue weighted by atomic mass is 32.2. The zero-order valence-corrected chi connectivity index (χ0v) is 12.0. The number of nitrogens with zero attached hydrogens (tertiary/aromatic N) is 2. The predicted octanol–water partition coefficient (Wildman–Crippen LogP) is 3.01. The Kier molecular flexibility index (Phi) is 3.23. The van der Waals surface area contributed by atoms with Crippen LogP contribution in [-0.2, 0) is 0 Å². The summed E-state index contributed by atoms with van der Waals surface area (Å²) < 4.78 is 5.20. The molecular weight excluding hydrogens is 272 g/mol. The van der Waals surface area contributed by atoms with Gasteiger partial charge in [0.1, 0.15) is 10.8 Å². The number of benzene rings is 1.